The summed E-state index contributed by atoms with van der Waals surface area (Å²) in [5.41, 5.74) is 1.19. The number of hydrogen-bond acceptors (Lipinski definition) is 3. The Bertz CT molecular complexity index is 570. The molecule has 2 N–H and O–H groups in total. The number of hydrogen-bond donors (Lipinski definition) is 2. The van der Waals surface area contributed by atoms with Crippen molar-refractivity contribution < 1.29 is 19.1 Å². The van der Waals surface area contributed by atoms with Crippen LogP contribution in [0.1, 0.15) is 84.9 Å². The SMILES string of the molecule is CCC(CC)(O[PH](=O)O)c1cc(C(C)(C)C)c(O)c(C(C)(C)C)c1. The standard InChI is InChI=1S/C19H33O4P/c1-9-19(10-2,23-24(21)22)13-11-14(17(3,4)5)16(20)15(12-13)18(6,7)8/h11-12,20,24H,9-10H2,1-8H3,(H,21,22). The van der Waals surface area contributed by atoms with Gasteiger partial charge >= 0.3 is 8.25 Å². The van der Waals surface area contributed by atoms with Crippen LogP contribution in [0.4, 0.5) is 0 Å². The minimum atomic E-state index is -3.08. The molecule has 0 aliphatic rings. The molecule has 0 amide bonds. The maximum absolute atomic E-state index is 11.5. The maximum Gasteiger partial charge on any atom is 0.317 e. The van der Waals surface area contributed by atoms with Gasteiger partial charge in [-0.2, -0.15) is 0 Å². The minimum absolute atomic E-state index is 0.252. The van der Waals surface area contributed by atoms with Crippen molar-refractivity contribution in [1.29, 1.82) is 0 Å². The zero-order chi connectivity index (χ0) is 18.9. The molecule has 1 rings (SSSR count). The summed E-state index contributed by atoms with van der Waals surface area (Å²) in [7, 11) is -3.08. The monoisotopic (exact) mass is 356 g/mol. The molecule has 138 valence electrons. The van der Waals surface area contributed by atoms with Crippen molar-refractivity contribution in [3.8, 4) is 5.75 Å². The van der Waals surface area contributed by atoms with Gasteiger partial charge in [0.2, 0.25) is 0 Å². The Labute approximate surface area is 147 Å². The molecule has 1 aromatic carbocycles. The van der Waals surface area contributed by atoms with Crippen LogP contribution in [0.2, 0.25) is 0 Å². The van der Waals surface area contributed by atoms with Gasteiger partial charge in [-0.05, 0) is 52.5 Å². The van der Waals surface area contributed by atoms with Gasteiger partial charge in [0.25, 0.3) is 0 Å². The van der Waals surface area contributed by atoms with Crippen LogP contribution in [0.15, 0.2) is 12.1 Å². The summed E-state index contributed by atoms with van der Waals surface area (Å²) >= 11 is 0. The first-order valence-corrected chi connectivity index (χ1v) is 9.85. The maximum atomic E-state index is 11.5. The first kappa shape index (κ1) is 21.2. The second kappa shape index (κ2) is 7.19. The first-order chi connectivity index (χ1) is 10.8. The van der Waals surface area contributed by atoms with Crippen LogP contribution in [-0.4, -0.2) is 10.00 Å². The zero-order valence-electron chi connectivity index (χ0n) is 16.3. The first-order valence-electron chi connectivity index (χ1n) is 8.59. The number of phenolic OH excluding ortho intramolecular Hbond substituents is 1. The number of benzene rings is 1. The van der Waals surface area contributed by atoms with E-state index in [0.717, 1.165) is 16.7 Å². The molecule has 0 saturated heterocycles. The lowest BCUT2D eigenvalue weighted by Gasteiger charge is -2.35. The van der Waals surface area contributed by atoms with Crippen molar-refractivity contribution in [3.63, 3.8) is 0 Å². The fraction of sp³-hybridized carbons (Fsp3) is 0.684. The average molecular weight is 356 g/mol. The van der Waals surface area contributed by atoms with Crippen molar-refractivity contribution >= 4 is 8.25 Å². The van der Waals surface area contributed by atoms with Crippen LogP contribution >= 0.6 is 8.25 Å². The van der Waals surface area contributed by atoms with Crippen molar-refractivity contribution in [2.24, 2.45) is 0 Å². The van der Waals surface area contributed by atoms with Gasteiger partial charge in [0.15, 0.2) is 0 Å². The van der Waals surface area contributed by atoms with Gasteiger partial charge in [-0.1, -0.05) is 55.4 Å². The van der Waals surface area contributed by atoms with Gasteiger partial charge in [0.1, 0.15) is 11.4 Å². The van der Waals surface area contributed by atoms with Crippen molar-refractivity contribution in [2.45, 2.75) is 84.7 Å². The summed E-state index contributed by atoms with van der Waals surface area (Å²) < 4.78 is 17.0. The topological polar surface area (TPSA) is 66.8 Å². The molecule has 4 nitrogen and oxygen atoms in total. The molecule has 0 radical (unpaired) electrons. The van der Waals surface area contributed by atoms with Crippen molar-refractivity contribution in [1.82, 2.24) is 0 Å². The normalized spacial score (nSPS) is 14.7. The van der Waals surface area contributed by atoms with Crippen LogP contribution < -0.4 is 0 Å². The largest absolute Gasteiger partial charge is 0.507 e. The van der Waals surface area contributed by atoms with Crippen LogP contribution in [-0.2, 0) is 25.5 Å². The van der Waals surface area contributed by atoms with E-state index in [1.165, 1.54) is 0 Å². The molecule has 0 aliphatic carbocycles. The molecule has 5 heteroatoms. The second-order valence-electron chi connectivity index (χ2n) is 8.49. The third kappa shape index (κ3) is 4.41. The number of rotatable bonds is 5. The third-order valence-corrected chi connectivity index (χ3v) is 5.24. The second-order valence-corrected chi connectivity index (χ2v) is 9.23. The van der Waals surface area contributed by atoms with Gasteiger partial charge in [0, 0.05) is 0 Å². The quantitative estimate of drug-likeness (QED) is 0.693. The number of aromatic hydroxyl groups is 1. The molecule has 0 aromatic heterocycles. The molecule has 0 aliphatic heterocycles. The molecular formula is C19H33O4P. The van der Waals surface area contributed by atoms with Gasteiger partial charge in [-0.15, -0.1) is 0 Å². The van der Waals surface area contributed by atoms with E-state index in [2.05, 4.69) is 0 Å². The summed E-state index contributed by atoms with van der Waals surface area (Å²) in [5, 5.41) is 10.8. The van der Waals surface area contributed by atoms with Crippen LogP contribution in [0.3, 0.4) is 0 Å². The molecule has 0 fully saturated rings. The van der Waals surface area contributed by atoms with E-state index in [0.29, 0.717) is 18.6 Å². The van der Waals surface area contributed by atoms with Crippen molar-refractivity contribution in [3.05, 3.63) is 28.8 Å². The van der Waals surface area contributed by atoms with E-state index in [1.807, 2.05) is 67.5 Å². The number of phenols is 1. The Morgan fingerprint density at radius 2 is 1.33 bits per heavy atom. The third-order valence-electron chi connectivity index (χ3n) is 4.68. The summed E-state index contributed by atoms with van der Waals surface area (Å²) in [4.78, 5) is 9.40. The Hall–Kier alpha value is -0.830. The van der Waals surface area contributed by atoms with E-state index in [4.69, 9.17) is 4.52 Å². The predicted octanol–water partition coefficient (Wildman–Crippen LogP) is 5.40. The minimum Gasteiger partial charge on any atom is -0.507 e. The molecular weight excluding hydrogens is 323 g/mol. The average Bonchev–Trinajstić information content (AvgIpc) is 2.42. The molecule has 0 heterocycles. The van der Waals surface area contributed by atoms with E-state index in [9.17, 15) is 14.6 Å². The molecule has 24 heavy (non-hydrogen) atoms. The smallest absolute Gasteiger partial charge is 0.317 e. The van der Waals surface area contributed by atoms with Gasteiger partial charge < -0.3 is 10.00 Å². The molecule has 0 saturated carbocycles. The summed E-state index contributed by atoms with van der Waals surface area (Å²) in [6.45, 7) is 16.2. The van der Waals surface area contributed by atoms with Gasteiger partial charge in [-0.25, -0.2) is 0 Å². The highest BCUT2D eigenvalue weighted by Gasteiger charge is 2.35. The molecule has 1 unspecified atom stereocenters. The van der Waals surface area contributed by atoms with Crippen molar-refractivity contribution in [2.75, 3.05) is 0 Å². The molecule has 1 aromatic rings. The van der Waals surface area contributed by atoms with Crippen LogP contribution in [0.5, 0.6) is 5.75 Å². The highest BCUT2D eigenvalue weighted by molar-refractivity contribution is 7.32. The summed E-state index contributed by atoms with van der Waals surface area (Å²) in [6, 6.07) is 3.87. The van der Waals surface area contributed by atoms with E-state index in [1.54, 1.807) is 0 Å². The summed E-state index contributed by atoms with van der Waals surface area (Å²) in [6.07, 6.45) is 1.16. The van der Waals surface area contributed by atoms with Gasteiger partial charge in [-0.3, -0.25) is 9.09 Å². The Kier molecular flexibility index (Phi) is 6.36. The van der Waals surface area contributed by atoms with E-state index in [-0.39, 0.29) is 10.8 Å². The highest BCUT2D eigenvalue weighted by atomic mass is 31.1. The predicted molar refractivity (Wildman–Crippen MR) is 100 cm³/mol. The van der Waals surface area contributed by atoms with Crippen LogP contribution in [0.25, 0.3) is 0 Å². The van der Waals surface area contributed by atoms with Crippen LogP contribution in [0, 0.1) is 0 Å². The Morgan fingerprint density at radius 3 is 1.58 bits per heavy atom. The Morgan fingerprint density at radius 1 is 0.958 bits per heavy atom. The molecule has 1 atom stereocenters. The molecule has 0 bridgehead atoms. The fourth-order valence-electron chi connectivity index (χ4n) is 3.07. The summed E-state index contributed by atoms with van der Waals surface area (Å²) in [5.74, 6) is 0.302. The molecule has 0 spiro atoms. The van der Waals surface area contributed by atoms with E-state index < -0.39 is 13.9 Å². The Balaban J connectivity index is 3.78. The zero-order valence-corrected chi connectivity index (χ0v) is 17.3. The fourth-order valence-corrected chi connectivity index (χ4v) is 3.81. The lowest BCUT2D eigenvalue weighted by molar-refractivity contribution is 0.0533. The van der Waals surface area contributed by atoms with Gasteiger partial charge in [0.05, 0.1) is 0 Å². The highest BCUT2D eigenvalue weighted by Crippen LogP contribution is 2.46. The lowest BCUT2D eigenvalue weighted by atomic mass is 9.75. The van der Waals surface area contributed by atoms with E-state index >= 15 is 0 Å². The lowest BCUT2D eigenvalue weighted by Crippen LogP contribution is -2.28.